The third kappa shape index (κ3) is 5.71. The summed E-state index contributed by atoms with van der Waals surface area (Å²) >= 11 is 6.07. The summed E-state index contributed by atoms with van der Waals surface area (Å²) in [5, 5.41) is 20.7. The Morgan fingerprint density at radius 3 is 2.32 bits per heavy atom. The van der Waals surface area contributed by atoms with Crippen LogP contribution in [0.4, 0.5) is 5.69 Å². The average molecular weight is 504 g/mol. The van der Waals surface area contributed by atoms with Crippen LogP contribution in [0.1, 0.15) is 21.5 Å². The molecule has 0 radical (unpaired) electrons. The van der Waals surface area contributed by atoms with Gasteiger partial charge in [0.2, 0.25) is 0 Å². The molecule has 4 N–H and O–H groups in total. The Bertz CT molecular complexity index is 1340. The van der Waals surface area contributed by atoms with Crippen LogP contribution in [-0.2, 0) is 14.8 Å². The number of carbonyl (C=O) groups is 2. The maximum atomic E-state index is 12.9. The fraction of sp³-hybridized carbons (Fsp3) is 0.174. The maximum Gasteiger partial charge on any atom is 0.328 e. The lowest BCUT2D eigenvalue weighted by Crippen LogP contribution is -2.43. The molecule has 0 aliphatic rings. The van der Waals surface area contributed by atoms with Gasteiger partial charge in [0.25, 0.3) is 15.9 Å². The lowest BCUT2D eigenvalue weighted by Gasteiger charge is -2.13. The van der Waals surface area contributed by atoms with Gasteiger partial charge in [-0.25, -0.2) is 13.2 Å². The molecule has 11 heteroatoms. The highest BCUT2D eigenvalue weighted by atomic mass is 35.5. The third-order valence-corrected chi connectivity index (χ3v) is 6.93. The first-order valence-electron chi connectivity index (χ1n) is 10.0. The van der Waals surface area contributed by atoms with Gasteiger partial charge in [0.05, 0.1) is 23.4 Å². The molecule has 178 valence electrons. The first-order chi connectivity index (χ1) is 16.0. The number of pyridine rings is 1. The number of sulfonamides is 1. The van der Waals surface area contributed by atoms with Crippen LogP contribution >= 0.6 is 11.6 Å². The minimum absolute atomic E-state index is 0.109. The number of amides is 1. The molecule has 1 aromatic heterocycles. The van der Waals surface area contributed by atoms with Crippen LogP contribution in [0.3, 0.4) is 0 Å². The first-order valence-corrected chi connectivity index (χ1v) is 11.9. The first kappa shape index (κ1) is 25.2. The molecule has 9 nitrogen and oxygen atoms in total. The van der Waals surface area contributed by atoms with E-state index in [0.29, 0.717) is 27.3 Å². The second-order valence-corrected chi connectivity index (χ2v) is 9.62. The molecule has 0 saturated carbocycles. The minimum atomic E-state index is -3.89. The van der Waals surface area contributed by atoms with Crippen molar-refractivity contribution in [2.24, 2.45) is 0 Å². The summed E-state index contributed by atoms with van der Waals surface area (Å²) in [6, 6.07) is 9.49. The van der Waals surface area contributed by atoms with Crippen molar-refractivity contribution < 1.29 is 28.2 Å². The molecule has 3 rings (SSSR count). The number of aromatic nitrogens is 1. The second-order valence-electron chi connectivity index (χ2n) is 7.56. The predicted molar refractivity (Wildman–Crippen MR) is 127 cm³/mol. The number of anilines is 1. The van der Waals surface area contributed by atoms with Gasteiger partial charge in [-0.15, -0.1) is 0 Å². The SMILES string of the molecule is Cc1cc(S(=O)(=O)Nc2cncc(-c3ccc(C(=O)NC(CO)C(=O)O)cc3)c2)c(C)cc1Cl. The topological polar surface area (TPSA) is 146 Å². The van der Waals surface area contributed by atoms with Gasteiger partial charge in [-0.2, -0.15) is 0 Å². The van der Waals surface area contributed by atoms with Crippen molar-refractivity contribution in [2.45, 2.75) is 24.8 Å². The van der Waals surface area contributed by atoms with E-state index >= 15 is 0 Å². The Morgan fingerprint density at radius 2 is 1.71 bits per heavy atom. The molecule has 0 aliphatic heterocycles. The monoisotopic (exact) mass is 503 g/mol. The van der Waals surface area contributed by atoms with Gasteiger partial charge in [0, 0.05) is 22.3 Å². The van der Waals surface area contributed by atoms with Crippen molar-refractivity contribution in [3.8, 4) is 11.1 Å². The third-order valence-electron chi connectivity index (χ3n) is 5.00. The van der Waals surface area contributed by atoms with E-state index in [1.807, 2.05) is 0 Å². The zero-order valence-electron chi connectivity index (χ0n) is 18.2. The number of rotatable bonds is 8. The summed E-state index contributed by atoms with van der Waals surface area (Å²) in [5.41, 5.74) is 2.83. The van der Waals surface area contributed by atoms with Crippen LogP contribution in [0, 0.1) is 13.8 Å². The van der Waals surface area contributed by atoms with Crippen molar-refractivity contribution >= 4 is 39.2 Å². The Balaban J connectivity index is 1.81. The summed E-state index contributed by atoms with van der Waals surface area (Å²) in [4.78, 5) is 27.4. The van der Waals surface area contributed by atoms with Crippen LogP contribution in [0.2, 0.25) is 5.02 Å². The lowest BCUT2D eigenvalue weighted by molar-refractivity contribution is -0.140. The Hall–Kier alpha value is -3.47. The predicted octanol–water partition coefficient (Wildman–Crippen LogP) is 2.99. The molecule has 1 unspecified atom stereocenters. The summed E-state index contributed by atoms with van der Waals surface area (Å²) in [6.07, 6.45) is 2.92. The van der Waals surface area contributed by atoms with Crippen LogP contribution in [0.25, 0.3) is 11.1 Å². The average Bonchev–Trinajstić information content (AvgIpc) is 2.79. The lowest BCUT2D eigenvalue weighted by atomic mass is 10.0. The number of nitrogens with zero attached hydrogens (tertiary/aromatic N) is 1. The number of aryl methyl sites for hydroxylation is 2. The molecule has 0 spiro atoms. The molecule has 1 heterocycles. The van der Waals surface area contributed by atoms with Crippen LogP contribution in [-0.4, -0.2) is 48.1 Å². The van der Waals surface area contributed by atoms with E-state index in [4.69, 9.17) is 21.8 Å². The van der Waals surface area contributed by atoms with Gasteiger partial charge >= 0.3 is 5.97 Å². The number of carbonyl (C=O) groups excluding carboxylic acids is 1. The van der Waals surface area contributed by atoms with Crippen LogP contribution < -0.4 is 10.0 Å². The Labute approximate surface area is 201 Å². The van der Waals surface area contributed by atoms with E-state index in [9.17, 15) is 18.0 Å². The smallest absolute Gasteiger partial charge is 0.328 e. The quantitative estimate of drug-likeness (QED) is 0.369. The number of carboxylic acid groups (broad SMARTS) is 1. The van der Waals surface area contributed by atoms with Crippen LogP contribution in [0.5, 0.6) is 0 Å². The maximum absolute atomic E-state index is 12.9. The van der Waals surface area contributed by atoms with Crippen molar-refractivity contribution in [3.05, 3.63) is 76.6 Å². The number of aliphatic carboxylic acids is 1. The van der Waals surface area contributed by atoms with Gasteiger partial charge < -0.3 is 15.5 Å². The summed E-state index contributed by atoms with van der Waals surface area (Å²) in [7, 11) is -3.89. The summed E-state index contributed by atoms with van der Waals surface area (Å²) in [5.74, 6) is -2.00. The number of halogens is 1. The summed E-state index contributed by atoms with van der Waals surface area (Å²) < 4.78 is 28.4. The molecule has 2 aromatic carbocycles. The number of hydrogen-bond acceptors (Lipinski definition) is 6. The molecule has 0 fully saturated rings. The van der Waals surface area contributed by atoms with Crippen molar-refractivity contribution in [1.29, 1.82) is 0 Å². The number of carboxylic acids is 1. The zero-order valence-corrected chi connectivity index (χ0v) is 19.8. The highest BCUT2D eigenvalue weighted by Gasteiger charge is 2.20. The number of aliphatic hydroxyl groups excluding tert-OH is 1. The minimum Gasteiger partial charge on any atom is -0.480 e. The number of nitrogens with one attached hydrogen (secondary N) is 2. The van der Waals surface area contributed by atoms with Gasteiger partial charge in [-0.3, -0.25) is 14.5 Å². The highest BCUT2D eigenvalue weighted by Crippen LogP contribution is 2.27. The molecule has 34 heavy (non-hydrogen) atoms. The molecule has 0 saturated heterocycles. The Morgan fingerprint density at radius 1 is 1.03 bits per heavy atom. The summed E-state index contributed by atoms with van der Waals surface area (Å²) in [6.45, 7) is 2.65. The molecule has 3 aromatic rings. The molecule has 0 aliphatic carbocycles. The molecule has 1 amide bonds. The van der Waals surface area contributed by atoms with Crippen molar-refractivity contribution in [2.75, 3.05) is 11.3 Å². The van der Waals surface area contributed by atoms with Gasteiger partial charge in [0.1, 0.15) is 0 Å². The number of hydrogen-bond donors (Lipinski definition) is 4. The van der Waals surface area contributed by atoms with Crippen molar-refractivity contribution in [1.82, 2.24) is 10.3 Å². The van der Waals surface area contributed by atoms with Gasteiger partial charge in [-0.05, 0) is 60.9 Å². The molecule has 1 atom stereocenters. The number of benzene rings is 2. The van der Waals surface area contributed by atoms with E-state index in [0.717, 1.165) is 0 Å². The molecule has 0 bridgehead atoms. The number of aliphatic hydroxyl groups is 1. The van der Waals surface area contributed by atoms with E-state index in [2.05, 4.69) is 15.0 Å². The Kier molecular flexibility index (Phi) is 7.55. The zero-order chi connectivity index (χ0) is 25.0. The van der Waals surface area contributed by atoms with Crippen LogP contribution in [0.15, 0.2) is 59.8 Å². The fourth-order valence-electron chi connectivity index (χ4n) is 3.15. The standard InChI is InChI=1S/C23H22ClN3O6S/c1-13-8-21(14(2)7-19(13)24)34(32,33)27-18-9-17(10-25-11-18)15-3-5-16(6-4-15)22(29)26-20(12-28)23(30)31/h3-11,20,27-28H,12H2,1-2H3,(H,26,29)(H,30,31). The fourth-order valence-corrected chi connectivity index (χ4v) is 4.71. The van der Waals surface area contributed by atoms with E-state index < -0.39 is 34.5 Å². The second kappa shape index (κ2) is 10.2. The largest absolute Gasteiger partial charge is 0.480 e. The van der Waals surface area contributed by atoms with E-state index in [1.165, 1.54) is 30.6 Å². The van der Waals surface area contributed by atoms with Crippen molar-refractivity contribution in [3.63, 3.8) is 0 Å². The molecular formula is C23H22ClN3O6S. The highest BCUT2D eigenvalue weighted by molar-refractivity contribution is 7.92. The molecular weight excluding hydrogens is 482 g/mol. The van der Waals surface area contributed by atoms with Gasteiger partial charge in [-0.1, -0.05) is 23.7 Å². The van der Waals surface area contributed by atoms with E-state index in [1.54, 1.807) is 38.1 Å². The van der Waals surface area contributed by atoms with E-state index in [-0.39, 0.29) is 16.1 Å². The normalized spacial score (nSPS) is 12.1. The van der Waals surface area contributed by atoms with Gasteiger partial charge in [0.15, 0.2) is 6.04 Å².